The molecule has 2 rings (SSSR count). The summed E-state index contributed by atoms with van der Waals surface area (Å²) in [6.45, 7) is 14.0. The Kier molecular flexibility index (Phi) is 8.55. The molecule has 2 aromatic rings. The number of phenols is 1. The molecule has 0 saturated heterocycles. The minimum absolute atomic E-state index is 0.118. The predicted molar refractivity (Wildman–Crippen MR) is 136 cm³/mol. The minimum Gasteiger partial charge on any atom is -0.508 e. The van der Waals surface area contributed by atoms with E-state index >= 15 is 0 Å². The van der Waals surface area contributed by atoms with Crippen LogP contribution in [0, 0.1) is 6.92 Å². The zero-order valence-corrected chi connectivity index (χ0v) is 21.8. The molecule has 0 heterocycles. The molecular weight excluding hydrogens is 446 g/mol. The first kappa shape index (κ1) is 27.7. The molecular formula is C27H37N3O5. The lowest BCUT2D eigenvalue weighted by Gasteiger charge is -2.42. The molecule has 0 aliphatic carbocycles. The van der Waals surface area contributed by atoms with Crippen LogP contribution >= 0.6 is 0 Å². The topological polar surface area (TPSA) is 108 Å². The maximum Gasteiger partial charge on any atom is 0.408 e. The molecule has 2 unspecified atom stereocenters. The second-order valence-electron chi connectivity index (χ2n) is 10.5. The quantitative estimate of drug-likeness (QED) is 0.540. The third-order valence-electron chi connectivity index (χ3n) is 5.20. The molecule has 0 fully saturated rings. The van der Waals surface area contributed by atoms with Crippen LogP contribution in [0.4, 0.5) is 10.5 Å². The molecule has 2 aromatic carbocycles. The third-order valence-corrected chi connectivity index (χ3v) is 5.20. The van der Waals surface area contributed by atoms with Crippen LogP contribution in [-0.2, 0) is 14.3 Å². The van der Waals surface area contributed by atoms with Crippen LogP contribution in [-0.4, -0.2) is 45.1 Å². The van der Waals surface area contributed by atoms with Crippen molar-refractivity contribution in [2.45, 2.75) is 78.6 Å². The number of amides is 3. The lowest BCUT2D eigenvalue weighted by Crippen LogP contribution is -2.57. The van der Waals surface area contributed by atoms with Crippen LogP contribution in [0.25, 0.3) is 0 Å². The second-order valence-corrected chi connectivity index (χ2v) is 10.5. The number of nitrogens with one attached hydrogen (secondary N) is 2. The van der Waals surface area contributed by atoms with E-state index in [9.17, 15) is 19.5 Å². The number of nitrogens with zero attached hydrogens (tertiary/aromatic N) is 1. The maximum atomic E-state index is 13.7. The van der Waals surface area contributed by atoms with Gasteiger partial charge in [-0.1, -0.05) is 36.4 Å². The van der Waals surface area contributed by atoms with Crippen molar-refractivity contribution in [1.29, 1.82) is 0 Å². The van der Waals surface area contributed by atoms with Gasteiger partial charge in [0.15, 0.2) is 0 Å². The molecule has 0 aromatic heterocycles. The summed E-state index contributed by atoms with van der Waals surface area (Å²) in [5.74, 6) is -1.11. The van der Waals surface area contributed by atoms with E-state index in [0.717, 1.165) is 5.56 Å². The molecule has 8 heteroatoms. The molecule has 190 valence electrons. The molecule has 0 aliphatic heterocycles. The Balaban J connectivity index is 2.51. The first-order valence-electron chi connectivity index (χ1n) is 11.6. The van der Waals surface area contributed by atoms with Crippen LogP contribution < -0.4 is 10.6 Å². The minimum atomic E-state index is -1.17. The van der Waals surface area contributed by atoms with E-state index in [0.29, 0.717) is 5.69 Å². The highest BCUT2D eigenvalue weighted by molar-refractivity contribution is 6.00. The number of para-hydroxylation sites is 2. The number of phenolic OH excluding ortho intramolecular Hbond substituents is 1. The third kappa shape index (κ3) is 7.47. The zero-order valence-electron chi connectivity index (χ0n) is 21.8. The number of hydrogen-bond donors (Lipinski definition) is 3. The van der Waals surface area contributed by atoms with Gasteiger partial charge in [-0.15, -0.1) is 0 Å². The fourth-order valence-electron chi connectivity index (χ4n) is 3.63. The molecule has 35 heavy (non-hydrogen) atoms. The van der Waals surface area contributed by atoms with Gasteiger partial charge in [-0.05, 0) is 73.1 Å². The van der Waals surface area contributed by atoms with E-state index in [1.54, 1.807) is 71.9 Å². The standard InChI is InChI=1S/C27H37N3O5/c1-17-13-9-11-15-20(17)29-23(32)22(19-14-10-12-16-21(19)31)30(26(3,4)5)24(33)18(2)28-25(34)35-27(6,7)8/h9-16,18,22,31H,1-8H3,(H,28,34)(H,29,32). The Morgan fingerprint density at radius 2 is 1.51 bits per heavy atom. The van der Waals surface area contributed by atoms with Gasteiger partial charge in [0, 0.05) is 16.8 Å². The normalized spacial score (nSPS) is 13.4. The number of ether oxygens (including phenoxy) is 1. The number of carbonyl (C=O) groups excluding carboxylic acids is 3. The smallest absolute Gasteiger partial charge is 0.408 e. The Bertz CT molecular complexity index is 1070. The van der Waals surface area contributed by atoms with Crippen molar-refractivity contribution in [3.8, 4) is 5.75 Å². The summed E-state index contributed by atoms with van der Waals surface area (Å²) in [5.41, 5.74) is 0.134. The molecule has 3 N–H and O–H groups in total. The van der Waals surface area contributed by atoms with Gasteiger partial charge < -0.3 is 25.4 Å². The fourth-order valence-corrected chi connectivity index (χ4v) is 3.63. The zero-order chi connectivity index (χ0) is 26.6. The SMILES string of the molecule is Cc1ccccc1NC(=O)C(c1ccccc1O)N(C(=O)C(C)NC(=O)OC(C)(C)C)C(C)(C)C. The number of anilines is 1. The average Bonchev–Trinajstić information content (AvgIpc) is 2.71. The largest absolute Gasteiger partial charge is 0.508 e. The van der Waals surface area contributed by atoms with Gasteiger partial charge in [-0.3, -0.25) is 9.59 Å². The maximum absolute atomic E-state index is 13.7. The lowest BCUT2D eigenvalue weighted by atomic mass is 9.95. The van der Waals surface area contributed by atoms with E-state index in [2.05, 4.69) is 10.6 Å². The van der Waals surface area contributed by atoms with Crippen LogP contribution in [0.15, 0.2) is 48.5 Å². The monoisotopic (exact) mass is 483 g/mol. The van der Waals surface area contributed by atoms with Gasteiger partial charge >= 0.3 is 6.09 Å². The highest BCUT2D eigenvalue weighted by Gasteiger charge is 2.41. The van der Waals surface area contributed by atoms with Gasteiger partial charge in [0.2, 0.25) is 5.91 Å². The fraction of sp³-hybridized carbons (Fsp3) is 0.444. The highest BCUT2D eigenvalue weighted by Crippen LogP contribution is 2.35. The van der Waals surface area contributed by atoms with Crippen LogP contribution in [0.2, 0.25) is 0 Å². The number of benzene rings is 2. The summed E-state index contributed by atoms with van der Waals surface area (Å²) in [6, 6.07) is 11.5. The van der Waals surface area contributed by atoms with E-state index in [4.69, 9.17) is 4.74 Å². The van der Waals surface area contributed by atoms with Crippen molar-refractivity contribution >= 4 is 23.6 Å². The first-order chi connectivity index (χ1) is 16.1. The summed E-state index contributed by atoms with van der Waals surface area (Å²) < 4.78 is 5.29. The van der Waals surface area contributed by atoms with E-state index in [-0.39, 0.29) is 11.3 Å². The Morgan fingerprint density at radius 3 is 2.06 bits per heavy atom. The summed E-state index contributed by atoms with van der Waals surface area (Å²) >= 11 is 0. The van der Waals surface area contributed by atoms with Gasteiger partial charge in [-0.25, -0.2) is 4.79 Å². The summed E-state index contributed by atoms with van der Waals surface area (Å²) in [7, 11) is 0. The van der Waals surface area contributed by atoms with E-state index < -0.39 is 41.1 Å². The molecule has 0 saturated carbocycles. The van der Waals surface area contributed by atoms with Gasteiger partial charge in [0.05, 0.1) is 0 Å². The average molecular weight is 484 g/mol. The molecule has 0 aliphatic rings. The van der Waals surface area contributed by atoms with Crippen molar-refractivity contribution in [1.82, 2.24) is 10.2 Å². The number of aryl methyl sites for hydroxylation is 1. The van der Waals surface area contributed by atoms with Crippen LogP contribution in [0.3, 0.4) is 0 Å². The summed E-state index contributed by atoms with van der Waals surface area (Å²) in [5, 5.41) is 16.1. The summed E-state index contributed by atoms with van der Waals surface area (Å²) in [6.07, 6.45) is -0.740. The van der Waals surface area contributed by atoms with Crippen molar-refractivity contribution in [3.05, 3.63) is 59.7 Å². The van der Waals surface area contributed by atoms with E-state index in [1.165, 1.54) is 17.9 Å². The predicted octanol–water partition coefficient (Wildman–Crippen LogP) is 4.92. The Hall–Kier alpha value is -3.55. The van der Waals surface area contributed by atoms with Crippen molar-refractivity contribution in [2.24, 2.45) is 0 Å². The molecule has 0 spiro atoms. The number of aromatic hydroxyl groups is 1. The van der Waals surface area contributed by atoms with Gasteiger partial charge in [0.25, 0.3) is 5.91 Å². The van der Waals surface area contributed by atoms with Gasteiger partial charge in [-0.2, -0.15) is 0 Å². The van der Waals surface area contributed by atoms with Crippen molar-refractivity contribution in [3.63, 3.8) is 0 Å². The number of hydrogen-bond acceptors (Lipinski definition) is 5. The highest BCUT2D eigenvalue weighted by atomic mass is 16.6. The molecule has 2 atom stereocenters. The van der Waals surface area contributed by atoms with E-state index in [1.807, 2.05) is 19.1 Å². The number of alkyl carbamates (subject to hydrolysis) is 1. The molecule has 0 bridgehead atoms. The van der Waals surface area contributed by atoms with Crippen LogP contribution in [0.5, 0.6) is 5.75 Å². The molecule has 8 nitrogen and oxygen atoms in total. The lowest BCUT2D eigenvalue weighted by molar-refractivity contribution is -0.146. The van der Waals surface area contributed by atoms with Crippen molar-refractivity contribution < 1.29 is 24.2 Å². The Morgan fingerprint density at radius 1 is 0.943 bits per heavy atom. The van der Waals surface area contributed by atoms with Crippen LogP contribution in [0.1, 0.15) is 65.6 Å². The summed E-state index contributed by atoms with van der Waals surface area (Å²) in [4.78, 5) is 41.2. The van der Waals surface area contributed by atoms with Crippen molar-refractivity contribution in [2.75, 3.05) is 5.32 Å². The molecule has 3 amide bonds. The first-order valence-corrected chi connectivity index (χ1v) is 11.6. The molecule has 0 radical (unpaired) electrons. The number of carbonyl (C=O) groups is 3. The second kappa shape index (κ2) is 10.8. The van der Waals surface area contributed by atoms with Gasteiger partial charge in [0.1, 0.15) is 23.4 Å². The Labute approximate surface area is 207 Å². The number of rotatable bonds is 6.